The molecule has 2 aromatic rings. The van der Waals surface area contributed by atoms with Crippen molar-refractivity contribution in [3.05, 3.63) is 42.5 Å². The van der Waals surface area contributed by atoms with Crippen LogP contribution in [0, 0.1) is 5.92 Å². The zero-order valence-corrected chi connectivity index (χ0v) is 21.4. The molecule has 9 nitrogen and oxygen atoms in total. The standard InChI is InChI=1S/C27H34N2O7/c1-14(2)18(23(30)28-17-13-9-11-15-10-7-8-12-16(15)17)29-24(31)21-19-20(34-26(3,4)33-19)22-25(32-21)36-27(5,6)35-22/h7-14,18-22,25H,1-6H3,(H,28,30)(H,29,31). The Balaban J connectivity index is 1.35. The fraction of sp³-hybridized carbons (Fsp3) is 0.556. The Morgan fingerprint density at radius 2 is 1.47 bits per heavy atom. The van der Waals surface area contributed by atoms with Gasteiger partial charge >= 0.3 is 0 Å². The summed E-state index contributed by atoms with van der Waals surface area (Å²) in [7, 11) is 0. The summed E-state index contributed by atoms with van der Waals surface area (Å²) in [5.41, 5.74) is 0.683. The van der Waals surface area contributed by atoms with E-state index in [1.165, 1.54) is 0 Å². The van der Waals surface area contributed by atoms with Gasteiger partial charge in [-0.1, -0.05) is 50.2 Å². The highest BCUT2D eigenvalue weighted by molar-refractivity contribution is 6.05. The van der Waals surface area contributed by atoms with Crippen LogP contribution in [-0.2, 0) is 33.3 Å². The summed E-state index contributed by atoms with van der Waals surface area (Å²) in [5, 5.41) is 7.81. The van der Waals surface area contributed by atoms with Crippen molar-refractivity contribution in [1.82, 2.24) is 5.32 Å². The van der Waals surface area contributed by atoms with E-state index in [4.69, 9.17) is 23.7 Å². The maximum Gasteiger partial charge on any atom is 0.252 e. The average Bonchev–Trinajstić information content (AvgIpc) is 3.30. The first-order valence-electron chi connectivity index (χ1n) is 12.4. The van der Waals surface area contributed by atoms with E-state index in [2.05, 4.69) is 10.6 Å². The zero-order chi connectivity index (χ0) is 25.8. The molecule has 0 saturated carbocycles. The van der Waals surface area contributed by atoms with Crippen molar-refractivity contribution >= 4 is 28.3 Å². The smallest absolute Gasteiger partial charge is 0.252 e. The fourth-order valence-electron chi connectivity index (χ4n) is 5.14. The lowest BCUT2D eigenvalue weighted by atomic mass is 9.97. The lowest BCUT2D eigenvalue weighted by molar-refractivity contribution is -0.231. The molecule has 3 aliphatic heterocycles. The van der Waals surface area contributed by atoms with Gasteiger partial charge in [0.1, 0.15) is 24.4 Å². The molecular formula is C27H34N2O7. The zero-order valence-electron chi connectivity index (χ0n) is 21.4. The maximum absolute atomic E-state index is 13.5. The Morgan fingerprint density at radius 1 is 0.833 bits per heavy atom. The van der Waals surface area contributed by atoms with Gasteiger partial charge in [0.15, 0.2) is 24.0 Å². The van der Waals surface area contributed by atoms with Crippen molar-refractivity contribution in [3.63, 3.8) is 0 Å². The van der Waals surface area contributed by atoms with Gasteiger partial charge < -0.3 is 34.3 Å². The molecule has 2 aromatic carbocycles. The molecule has 194 valence electrons. The number of carbonyl (C=O) groups is 2. The van der Waals surface area contributed by atoms with E-state index < -0.39 is 54.2 Å². The molecule has 0 aliphatic carbocycles. The van der Waals surface area contributed by atoms with E-state index >= 15 is 0 Å². The van der Waals surface area contributed by atoms with E-state index in [1.54, 1.807) is 27.7 Å². The monoisotopic (exact) mass is 498 g/mol. The van der Waals surface area contributed by atoms with Crippen LogP contribution in [0.3, 0.4) is 0 Å². The summed E-state index contributed by atoms with van der Waals surface area (Å²) in [4.78, 5) is 26.9. The van der Waals surface area contributed by atoms with E-state index in [0.717, 1.165) is 10.8 Å². The maximum atomic E-state index is 13.5. The number of rotatable bonds is 5. The van der Waals surface area contributed by atoms with Gasteiger partial charge in [-0.3, -0.25) is 9.59 Å². The van der Waals surface area contributed by atoms with Gasteiger partial charge in [-0.2, -0.15) is 0 Å². The molecule has 3 saturated heterocycles. The summed E-state index contributed by atoms with van der Waals surface area (Å²) in [5.74, 6) is -2.78. The first kappa shape index (κ1) is 25.1. The van der Waals surface area contributed by atoms with Crippen LogP contribution in [0.25, 0.3) is 10.8 Å². The average molecular weight is 499 g/mol. The molecule has 2 amide bonds. The molecular weight excluding hydrogens is 464 g/mol. The molecule has 6 unspecified atom stereocenters. The first-order valence-corrected chi connectivity index (χ1v) is 12.4. The van der Waals surface area contributed by atoms with Crippen molar-refractivity contribution in [3.8, 4) is 0 Å². The second-order valence-electron chi connectivity index (χ2n) is 10.8. The molecule has 2 N–H and O–H groups in total. The van der Waals surface area contributed by atoms with Crippen molar-refractivity contribution in [2.24, 2.45) is 5.92 Å². The number of ether oxygens (including phenoxy) is 5. The van der Waals surface area contributed by atoms with Crippen LogP contribution >= 0.6 is 0 Å². The van der Waals surface area contributed by atoms with Crippen molar-refractivity contribution in [1.29, 1.82) is 0 Å². The molecule has 3 heterocycles. The number of hydrogen-bond acceptors (Lipinski definition) is 7. The molecule has 9 heteroatoms. The lowest BCUT2D eigenvalue weighted by Crippen LogP contribution is -2.61. The highest BCUT2D eigenvalue weighted by Gasteiger charge is 2.62. The van der Waals surface area contributed by atoms with Crippen LogP contribution in [-0.4, -0.2) is 60.1 Å². The van der Waals surface area contributed by atoms with Crippen LogP contribution in [0.5, 0.6) is 0 Å². The topological polar surface area (TPSA) is 104 Å². The van der Waals surface area contributed by atoms with Crippen LogP contribution in [0.2, 0.25) is 0 Å². The minimum Gasteiger partial charge on any atom is -0.342 e. The fourth-order valence-corrected chi connectivity index (χ4v) is 5.14. The van der Waals surface area contributed by atoms with Crippen molar-refractivity contribution in [2.75, 3.05) is 5.32 Å². The number of nitrogens with one attached hydrogen (secondary N) is 2. The summed E-state index contributed by atoms with van der Waals surface area (Å²) in [6.07, 6.45) is -3.64. The van der Waals surface area contributed by atoms with Gasteiger partial charge in [0, 0.05) is 11.1 Å². The highest BCUT2D eigenvalue weighted by atomic mass is 16.9. The first-order chi connectivity index (χ1) is 16.9. The van der Waals surface area contributed by atoms with E-state index in [0.29, 0.717) is 5.69 Å². The second-order valence-corrected chi connectivity index (χ2v) is 10.8. The SMILES string of the molecule is CC(C)C(NC(=O)C1OC2OC(C)(C)OC2C2OC(C)(C)OC12)C(=O)Nc1cccc2ccccc12. The van der Waals surface area contributed by atoms with Gasteiger partial charge in [-0.15, -0.1) is 0 Å². The molecule has 3 fully saturated rings. The Labute approximate surface area is 210 Å². The molecule has 0 aromatic heterocycles. The third-order valence-corrected chi connectivity index (χ3v) is 6.71. The minimum atomic E-state index is -1.04. The minimum absolute atomic E-state index is 0.182. The summed E-state index contributed by atoms with van der Waals surface area (Å²) in [6, 6.07) is 12.7. The largest absolute Gasteiger partial charge is 0.342 e. The summed E-state index contributed by atoms with van der Waals surface area (Å²) >= 11 is 0. The van der Waals surface area contributed by atoms with Crippen molar-refractivity contribution in [2.45, 2.75) is 89.9 Å². The molecule has 36 heavy (non-hydrogen) atoms. The molecule has 6 atom stereocenters. The predicted molar refractivity (Wildman–Crippen MR) is 132 cm³/mol. The normalized spacial score (nSPS) is 31.0. The predicted octanol–water partition coefficient (Wildman–Crippen LogP) is 3.32. The Bertz CT molecular complexity index is 1160. The van der Waals surface area contributed by atoms with E-state index in [-0.39, 0.29) is 11.8 Å². The van der Waals surface area contributed by atoms with Gasteiger partial charge in [-0.05, 0) is 45.1 Å². The van der Waals surface area contributed by atoms with Crippen LogP contribution in [0.4, 0.5) is 5.69 Å². The Kier molecular flexibility index (Phi) is 6.33. The van der Waals surface area contributed by atoms with Gasteiger partial charge in [-0.25, -0.2) is 0 Å². The number of anilines is 1. The third kappa shape index (κ3) is 4.73. The summed E-state index contributed by atoms with van der Waals surface area (Å²) < 4.78 is 30.1. The molecule has 0 bridgehead atoms. The Morgan fingerprint density at radius 3 is 2.22 bits per heavy atom. The van der Waals surface area contributed by atoms with Crippen molar-refractivity contribution < 1.29 is 33.3 Å². The number of amides is 2. The van der Waals surface area contributed by atoms with Crippen LogP contribution < -0.4 is 10.6 Å². The molecule has 5 rings (SSSR count). The number of fused-ring (bicyclic) bond motifs is 4. The third-order valence-electron chi connectivity index (χ3n) is 6.71. The second kappa shape index (κ2) is 9.08. The number of hydrogen-bond donors (Lipinski definition) is 2. The molecule has 0 spiro atoms. The van der Waals surface area contributed by atoms with Gasteiger partial charge in [0.05, 0.1) is 0 Å². The summed E-state index contributed by atoms with van der Waals surface area (Å²) in [6.45, 7) is 10.9. The van der Waals surface area contributed by atoms with Gasteiger partial charge in [0.25, 0.3) is 5.91 Å². The van der Waals surface area contributed by atoms with Gasteiger partial charge in [0.2, 0.25) is 5.91 Å². The van der Waals surface area contributed by atoms with E-state index in [9.17, 15) is 9.59 Å². The quantitative estimate of drug-likeness (QED) is 0.652. The highest BCUT2D eigenvalue weighted by Crippen LogP contribution is 2.44. The molecule has 0 radical (unpaired) electrons. The Hall–Kier alpha value is -2.56. The lowest BCUT2D eigenvalue weighted by Gasteiger charge is -2.37. The number of benzene rings is 2. The van der Waals surface area contributed by atoms with Crippen LogP contribution in [0.15, 0.2) is 42.5 Å². The van der Waals surface area contributed by atoms with Crippen LogP contribution in [0.1, 0.15) is 41.5 Å². The molecule has 3 aliphatic rings. The van der Waals surface area contributed by atoms with E-state index in [1.807, 2.05) is 56.3 Å². The number of carbonyl (C=O) groups excluding carboxylic acids is 2.